The second kappa shape index (κ2) is 11.8. The third-order valence-corrected chi connectivity index (χ3v) is 7.70. The van der Waals surface area contributed by atoms with Crippen LogP contribution in [0.15, 0.2) is 85.1 Å². The van der Waals surface area contributed by atoms with Gasteiger partial charge >= 0.3 is 0 Å². The highest BCUT2D eigenvalue weighted by molar-refractivity contribution is 5.99. The normalized spacial score (nSPS) is 15.8. The fraction of sp³-hybridized carbons (Fsp3) is 0.303. The van der Waals surface area contributed by atoms with E-state index in [1.54, 1.807) is 29.3 Å². The predicted molar refractivity (Wildman–Crippen MR) is 153 cm³/mol. The first-order chi connectivity index (χ1) is 19.7. The SMILES string of the molecule is O=C(NC1CCCCC1)[C@H](c1ccc2ncccc2c1)N(Cc1ccccc1)C(=O)c1ccc2c(c1)OCCO2. The molecule has 0 radical (unpaired) electrons. The van der Waals surface area contributed by atoms with Crippen molar-refractivity contribution in [1.29, 1.82) is 0 Å². The first-order valence-electron chi connectivity index (χ1n) is 14.1. The molecule has 2 aliphatic rings. The summed E-state index contributed by atoms with van der Waals surface area (Å²) in [6.45, 7) is 1.17. The minimum Gasteiger partial charge on any atom is -0.486 e. The Kier molecular flexibility index (Phi) is 7.62. The van der Waals surface area contributed by atoms with Crippen LogP contribution >= 0.6 is 0 Å². The van der Waals surface area contributed by atoms with Crippen molar-refractivity contribution < 1.29 is 19.1 Å². The van der Waals surface area contributed by atoms with Crippen LogP contribution in [0, 0.1) is 0 Å². The maximum atomic E-state index is 14.3. The molecule has 0 unspecified atom stereocenters. The van der Waals surface area contributed by atoms with E-state index in [1.165, 1.54) is 6.42 Å². The number of hydrogen-bond donors (Lipinski definition) is 1. The van der Waals surface area contributed by atoms with Crippen LogP contribution in [-0.4, -0.2) is 41.0 Å². The number of rotatable bonds is 7. The van der Waals surface area contributed by atoms with Crippen molar-refractivity contribution in [3.05, 3.63) is 102 Å². The number of carbonyl (C=O) groups excluding carboxylic acids is 2. The molecule has 1 aliphatic carbocycles. The number of aromatic nitrogens is 1. The van der Waals surface area contributed by atoms with Gasteiger partial charge in [-0.1, -0.05) is 61.7 Å². The minimum atomic E-state index is -0.840. The van der Waals surface area contributed by atoms with Gasteiger partial charge in [0.1, 0.15) is 19.3 Å². The highest BCUT2D eigenvalue weighted by Crippen LogP contribution is 2.34. The van der Waals surface area contributed by atoms with Crippen LogP contribution in [-0.2, 0) is 11.3 Å². The van der Waals surface area contributed by atoms with Crippen molar-refractivity contribution in [2.45, 2.75) is 50.7 Å². The molecule has 1 aliphatic heterocycles. The summed E-state index contributed by atoms with van der Waals surface area (Å²) in [6, 6.07) is 23.9. The van der Waals surface area contributed by atoms with Gasteiger partial charge in [-0.15, -0.1) is 0 Å². The molecule has 4 aromatic rings. The van der Waals surface area contributed by atoms with Crippen molar-refractivity contribution >= 4 is 22.7 Å². The molecule has 0 bridgehead atoms. The van der Waals surface area contributed by atoms with E-state index in [0.717, 1.165) is 47.7 Å². The van der Waals surface area contributed by atoms with Crippen molar-refractivity contribution in [3.63, 3.8) is 0 Å². The zero-order valence-electron chi connectivity index (χ0n) is 22.4. The van der Waals surface area contributed by atoms with Crippen molar-refractivity contribution in [2.24, 2.45) is 0 Å². The predicted octanol–water partition coefficient (Wildman–Crippen LogP) is 5.84. The van der Waals surface area contributed by atoms with Crippen LogP contribution in [0.5, 0.6) is 11.5 Å². The molecular weight excluding hydrogens is 502 g/mol. The summed E-state index contributed by atoms with van der Waals surface area (Å²) < 4.78 is 11.4. The summed E-state index contributed by atoms with van der Waals surface area (Å²) in [6.07, 6.45) is 7.05. The zero-order valence-corrected chi connectivity index (χ0v) is 22.4. The Morgan fingerprint density at radius 2 is 1.68 bits per heavy atom. The molecule has 0 saturated heterocycles. The van der Waals surface area contributed by atoms with Gasteiger partial charge in [0, 0.05) is 29.7 Å². The van der Waals surface area contributed by atoms with Gasteiger partial charge in [-0.2, -0.15) is 0 Å². The van der Waals surface area contributed by atoms with Crippen molar-refractivity contribution in [2.75, 3.05) is 13.2 Å². The maximum absolute atomic E-state index is 14.3. The van der Waals surface area contributed by atoms with E-state index < -0.39 is 6.04 Å². The molecule has 204 valence electrons. The summed E-state index contributed by atoms with van der Waals surface area (Å²) in [4.78, 5) is 34.7. The Balaban J connectivity index is 1.43. The number of carbonyl (C=O) groups is 2. The smallest absolute Gasteiger partial charge is 0.255 e. The Morgan fingerprint density at radius 1 is 0.875 bits per heavy atom. The highest BCUT2D eigenvalue weighted by atomic mass is 16.6. The highest BCUT2D eigenvalue weighted by Gasteiger charge is 2.34. The van der Waals surface area contributed by atoms with E-state index in [4.69, 9.17) is 9.47 Å². The number of fused-ring (bicyclic) bond motifs is 2. The summed E-state index contributed by atoms with van der Waals surface area (Å²) in [5, 5.41) is 4.21. The average Bonchev–Trinajstić information content (AvgIpc) is 3.01. The summed E-state index contributed by atoms with van der Waals surface area (Å²) in [5.74, 6) is 0.732. The van der Waals surface area contributed by atoms with Gasteiger partial charge in [0.2, 0.25) is 5.91 Å². The Hall–Kier alpha value is -4.39. The largest absolute Gasteiger partial charge is 0.486 e. The van der Waals surface area contributed by atoms with Gasteiger partial charge in [-0.25, -0.2) is 0 Å². The number of amides is 2. The lowest BCUT2D eigenvalue weighted by Crippen LogP contribution is -2.46. The van der Waals surface area contributed by atoms with Crippen LogP contribution in [0.2, 0.25) is 0 Å². The molecule has 6 rings (SSSR count). The molecule has 0 spiro atoms. The number of benzene rings is 3. The van der Waals surface area contributed by atoms with Gasteiger partial charge in [0.05, 0.1) is 5.52 Å². The van der Waals surface area contributed by atoms with E-state index in [9.17, 15) is 9.59 Å². The third-order valence-electron chi connectivity index (χ3n) is 7.70. The monoisotopic (exact) mass is 535 g/mol. The lowest BCUT2D eigenvalue weighted by atomic mass is 9.94. The molecule has 1 atom stereocenters. The number of ether oxygens (including phenoxy) is 2. The standard InChI is InChI=1S/C33H33N3O4/c37-32(35-27-11-5-2-6-12-27)31(25-13-15-28-24(20-25)10-7-17-34-28)36(22-23-8-3-1-4-9-23)33(38)26-14-16-29-30(21-26)40-19-18-39-29/h1,3-4,7-10,13-17,20-21,27,31H,2,5-6,11-12,18-19,22H2,(H,35,37)/t31-/m0/s1. The van der Waals surface area contributed by atoms with Crippen LogP contribution in [0.1, 0.15) is 59.6 Å². The van der Waals surface area contributed by atoms with E-state index in [1.807, 2.05) is 60.7 Å². The van der Waals surface area contributed by atoms with E-state index in [-0.39, 0.29) is 24.4 Å². The van der Waals surface area contributed by atoms with E-state index >= 15 is 0 Å². The van der Waals surface area contributed by atoms with E-state index in [0.29, 0.717) is 30.3 Å². The first-order valence-corrected chi connectivity index (χ1v) is 14.1. The Labute approximate surface area is 234 Å². The van der Waals surface area contributed by atoms with Gasteiger partial charge < -0.3 is 19.7 Å². The van der Waals surface area contributed by atoms with E-state index in [2.05, 4.69) is 10.3 Å². The summed E-state index contributed by atoms with van der Waals surface area (Å²) in [5.41, 5.74) is 2.96. The van der Waals surface area contributed by atoms with Gasteiger partial charge in [-0.05, 0) is 60.4 Å². The molecule has 2 heterocycles. The van der Waals surface area contributed by atoms with Gasteiger partial charge in [-0.3, -0.25) is 14.6 Å². The van der Waals surface area contributed by atoms with Crippen molar-refractivity contribution in [1.82, 2.24) is 15.2 Å². The third kappa shape index (κ3) is 5.64. The van der Waals surface area contributed by atoms with Crippen LogP contribution in [0.25, 0.3) is 10.9 Å². The molecule has 2 amide bonds. The number of nitrogens with zero attached hydrogens (tertiary/aromatic N) is 2. The van der Waals surface area contributed by atoms with Crippen LogP contribution < -0.4 is 14.8 Å². The topological polar surface area (TPSA) is 80.8 Å². The second-order valence-corrected chi connectivity index (χ2v) is 10.5. The minimum absolute atomic E-state index is 0.105. The maximum Gasteiger partial charge on any atom is 0.255 e. The molecule has 1 aromatic heterocycles. The summed E-state index contributed by atoms with van der Waals surface area (Å²) >= 11 is 0. The van der Waals surface area contributed by atoms with Gasteiger partial charge in [0.25, 0.3) is 5.91 Å². The fourth-order valence-electron chi connectivity index (χ4n) is 5.67. The molecule has 1 fully saturated rings. The lowest BCUT2D eigenvalue weighted by Gasteiger charge is -2.34. The molecular formula is C33H33N3O4. The second-order valence-electron chi connectivity index (χ2n) is 10.5. The van der Waals surface area contributed by atoms with Crippen molar-refractivity contribution in [3.8, 4) is 11.5 Å². The zero-order chi connectivity index (χ0) is 27.3. The van der Waals surface area contributed by atoms with Crippen LogP contribution in [0.4, 0.5) is 0 Å². The number of pyridine rings is 1. The molecule has 1 saturated carbocycles. The molecule has 1 N–H and O–H groups in total. The Bertz CT molecular complexity index is 1500. The Morgan fingerprint density at radius 3 is 2.50 bits per heavy atom. The lowest BCUT2D eigenvalue weighted by molar-refractivity contribution is -0.127. The molecule has 3 aromatic carbocycles. The van der Waals surface area contributed by atoms with Crippen LogP contribution in [0.3, 0.4) is 0 Å². The molecule has 7 nitrogen and oxygen atoms in total. The molecule has 7 heteroatoms. The summed E-state index contributed by atoms with van der Waals surface area (Å²) in [7, 11) is 0. The quantitative estimate of drug-likeness (QED) is 0.322. The number of hydrogen-bond acceptors (Lipinski definition) is 5. The number of nitrogens with one attached hydrogen (secondary N) is 1. The first kappa shape index (κ1) is 25.9. The fourth-order valence-corrected chi connectivity index (χ4v) is 5.67. The van der Waals surface area contributed by atoms with Gasteiger partial charge in [0.15, 0.2) is 11.5 Å². The molecule has 40 heavy (non-hydrogen) atoms. The average molecular weight is 536 g/mol.